The van der Waals surface area contributed by atoms with Crippen LogP contribution in [0, 0.1) is 0 Å². The largest absolute Gasteiger partial charge is 0.367 e. The summed E-state index contributed by atoms with van der Waals surface area (Å²) in [5, 5.41) is 3.54. The van der Waals surface area contributed by atoms with Crippen LogP contribution in [0.1, 0.15) is 37.3 Å². The van der Waals surface area contributed by atoms with Gasteiger partial charge in [-0.3, -0.25) is 4.90 Å². The number of hydrogen-bond acceptors (Lipinski definition) is 3. The summed E-state index contributed by atoms with van der Waals surface area (Å²) >= 11 is 0. The van der Waals surface area contributed by atoms with Crippen LogP contribution in [0.4, 0.5) is 5.82 Å². The van der Waals surface area contributed by atoms with E-state index in [0.717, 1.165) is 5.82 Å². The summed E-state index contributed by atoms with van der Waals surface area (Å²) in [5.74, 6) is 1.11. The molecule has 0 radical (unpaired) electrons. The van der Waals surface area contributed by atoms with Crippen LogP contribution in [-0.4, -0.2) is 29.5 Å². The zero-order valence-electron chi connectivity index (χ0n) is 9.82. The zero-order valence-corrected chi connectivity index (χ0v) is 9.82. The van der Waals surface area contributed by atoms with E-state index in [1.54, 1.807) is 0 Å². The molecular weight excluding hydrogens is 198 g/mol. The molecule has 1 unspecified atom stereocenters. The second kappa shape index (κ2) is 4.06. The molecule has 16 heavy (non-hydrogen) atoms. The quantitative estimate of drug-likeness (QED) is 0.842. The van der Waals surface area contributed by atoms with E-state index >= 15 is 0 Å². The fraction of sp³-hybridized carbons (Fsp3) is 0.615. The van der Waals surface area contributed by atoms with Gasteiger partial charge in [0.2, 0.25) is 0 Å². The summed E-state index contributed by atoms with van der Waals surface area (Å²) < 4.78 is 0. The summed E-state index contributed by atoms with van der Waals surface area (Å²) in [6, 6.07) is 5.53. The van der Waals surface area contributed by atoms with E-state index in [-0.39, 0.29) is 0 Å². The van der Waals surface area contributed by atoms with Crippen LogP contribution in [-0.2, 0) is 0 Å². The summed E-state index contributed by atoms with van der Waals surface area (Å²) in [6.07, 6.45) is 7.07. The third-order valence-corrected chi connectivity index (χ3v) is 3.64. The van der Waals surface area contributed by atoms with Gasteiger partial charge in [0.25, 0.3) is 0 Å². The monoisotopic (exact) mass is 217 g/mol. The molecule has 1 aliphatic carbocycles. The zero-order chi connectivity index (χ0) is 11.0. The first-order valence-electron chi connectivity index (χ1n) is 6.26. The average Bonchev–Trinajstić information content (AvgIpc) is 3.00. The van der Waals surface area contributed by atoms with Gasteiger partial charge in [0.15, 0.2) is 0 Å². The van der Waals surface area contributed by atoms with Gasteiger partial charge in [0.05, 0.1) is 0 Å². The van der Waals surface area contributed by atoms with E-state index in [0.29, 0.717) is 12.1 Å². The maximum absolute atomic E-state index is 4.50. The Balaban J connectivity index is 1.86. The molecule has 0 bridgehead atoms. The smallest absolute Gasteiger partial charge is 0.130 e. The lowest BCUT2D eigenvalue weighted by atomic mass is 10.1. The number of anilines is 1. The van der Waals surface area contributed by atoms with Crippen LogP contribution in [0.15, 0.2) is 18.3 Å². The Morgan fingerprint density at radius 2 is 2.25 bits per heavy atom. The van der Waals surface area contributed by atoms with Crippen LogP contribution in [0.2, 0.25) is 0 Å². The molecule has 1 saturated carbocycles. The number of likely N-dealkylation sites (tertiary alicyclic amines) is 1. The molecule has 3 heteroatoms. The van der Waals surface area contributed by atoms with Gasteiger partial charge in [-0.15, -0.1) is 0 Å². The fourth-order valence-electron chi connectivity index (χ4n) is 2.53. The van der Waals surface area contributed by atoms with Gasteiger partial charge in [-0.05, 0) is 45.3 Å². The Morgan fingerprint density at radius 3 is 2.94 bits per heavy atom. The molecule has 86 valence electrons. The summed E-state index contributed by atoms with van der Waals surface area (Å²) in [4.78, 5) is 6.94. The molecule has 2 aliphatic rings. The number of nitrogens with zero attached hydrogens (tertiary/aromatic N) is 2. The minimum atomic E-state index is 0.565. The van der Waals surface area contributed by atoms with Crippen molar-refractivity contribution in [1.82, 2.24) is 9.88 Å². The van der Waals surface area contributed by atoms with Gasteiger partial charge in [-0.25, -0.2) is 4.98 Å². The lowest BCUT2D eigenvalue weighted by molar-refractivity contribution is 0.317. The normalized spacial score (nSPS) is 25.9. The molecule has 1 N–H and O–H groups in total. The molecular formula is C13H19N3. The van der Waals surface area contributed by atoms with Crippen molar-refractivity contribution >= 4 is 5.82 Å². The van der Waals surface area contributed by atoms with Crippen molar-refractivity contribution in [1.29, 1.82) is 0 Å². The second-order valence-electron chi connectivity index (χ2n) is 5.00. The Labute approximate surface area is 96.9 Å². The highest BCUT2D eigenvalue weighted by Crippen LogP contribution is 2.35. The van der Waals surface area contributed by atoms with Gasteiger partial charge >= 0.3 is 0 Å². The molecule has 3 nitrogen and oxygen atoms in total. The van der Waals surface area contributed by atoms with E-state index in [1.807, 2.05) is 6.20 Å². The average molecular weight is 217 g/mol. The highest BCUT2D eigenvalue weighted by molar-refractivity contribution is 5.47. The highest BCUT2D eigenvalue weighted by Gasteiger charge is 2.28. The van der Waals surface area contributed by atoms with Crippen molar-refractivity contribution in [2.45, 2.75) is 37.8 Å². The standard InChI is InChI=1S/C13H19N3/c1-16-9-3-5-12(16)11-4-2-8-14-13(11)15-10-6-7-10/h2,4,8,10,12H,3,5-7,9H2,1H3,(H,14,15). The Morgan fingerprint density at radius 1 is 1.38 bits per heavy atom. The maximum atomic E-state index is 4.50. The Bertz CT molecular complexity index is 373. The molecule has 0 amide bonds. The number of nitrogens with one attached hydrogen (secondary N) is 1. The molecule has 0 aromatic carbocycles. The van der Waals surface area contributed by atoms with Gasteiger partial charge < -0.3 is 5.32 Å². The topological polar surface area (TPSA) is 28.2 Å². The summed E-state index contributed by atoms with van der Waals surface area (Å²) in [6.45, 7) is 1.21. The van der Waals surface area contributed by atoms with Crippen molar-refractivity contribution < 1.29 is 0 Å². The first-order chi connectivity index (χ1) is 7.84. The van der Waals surface area contributed by atoms with Crippen LogP contribution >= 0.6 is 0 Å². The molecule has 1 saturated heterocycles. The van der Waals surface area contributed by atoms with Crippen molar-refractivity contribution in [3.05, 3.63) is 23.9 Å². The molecule has 1 atom stereocenters. The number of pyridine rings is 1. The molecule has 2 heterocycles. The van der Waals surface area contributed by atoms with E-state index in [4.69, 9.17) is 0 Å². The molecule has 1 aromatic rings. The number of aromatic nitrogens is 1. The Kier molecular flexibility index (Phi) is 2.56. The molecule has 0 spiro atoms. The Hall–Kier alpha value is -1.09. The number of hydrogen-bond donors (Lipinski definition) is 1. The summed E-state index contributed by atoms with van der Waals surface area (Å²) in [7, 11) is 2.21. The van der Waals surface area contributed by atoms with Crippen molar-refractivity contribution in [3.8, 4) is 0 Å². The third-order valence-electron chi connectivity index (χ3n) is 3.64. The van der Waals surface area contributed by atoms with Crippen molar-refractivity contribution in [2.75, 3.05) is 18.9 Å². The molecule has 1 aromatic heterocycles. The van der Waals surface area contributed by atoms with Gasteiger partial charge in [0.1, 0.15) is 5.82 Å². The summed E-state index contributed by atoms with van der Waals surface area (Å²) in [5.41, 5.74) is 1.38. The molecule has 3 rings (SSSR count). The lowest BCUT2D eigenvalue weighted by Gasteiger charge is -2.22. The van der Waals surface area contributed by atoms with E-state index in [1.165, 1.54) is 37.8 Å². The predicted octanol–water partition coefficient (Wildman–Crippen LogP) is 2.42. The van der Waals surface area contributed by atoms with Crippen molar-refractivity contribution in [2.24, 2.45) is 0 Å². The number of rotatable bonds is 3. The first kappa shape index (κ1) is 10.1. The molecule has 1 aliphatic heterocycles. The fourth-order valence-corrected chi connectivity index (χ4v) is 2.53. The second-order valence-corrected chi connectivity index (χ2v) is 5.00. The lowest BCUT2D eigenvalue weighted by Crippen LogP contribution is -2.19. The third kappa shape index (κ3) is 1.92. The molecule has 2 fully saturated rings. The van der Waals surface area contributed by atoms with Crippen LogP contribution in [0.5, 0.6) is 0 Å². The highest BCUT2D eigenvalue weighted by atomic mass is 15.2. The van der Waals surface area contributed by atoms with Gasteiger partial charge in [0, 0.05) is 23.8 Å². The minimum Gasteiger partial charge on any atom is -0.367 e. The van der Waals surface area contributed by atoms with E-state index in [2.05, 4.69) is 34.4 Å². The van der Waals surface area contributed by atoms with E-state index < -0.39 is 0 Å². The predicted molar refractivity (Wildman–Crippen MR) is 65.5 cm³/mol. The van der Waals surface area contributed by atoms with Gasteiger partial charge in [-0.1, -0.05) is 6.07 Å². The van der Waals surface area contributed by atoms with Crippen LogP contribution < -0.4 is 5.32 Å². The first-order valence-corrected chi connectivity index (χ1v) is 6.26. The minimum absolute atomic E-state index is 0.565. The van der Waals surface area contributed by atoms with E-state index in [9.17, 15) is 0 Å². The SMILES string of the molecule is CN1CCCC1c1cccnc1NC1CC1. The van der Waals surface area contributed by atoms with Crippen LogP contribution in [0.3, 0.4) is 0 Å². The van der Waals surface area contributed by atoms with Crippen LogP contribution in [0.25, 0.3) is 0 Å². The maximum Gasteiger partial charge on any atom is 0.130 e. The van der Waals surface area contributed by atoms with Crippen molar-refractivity contribution in [3.63, 3.8) is 0 Å². The van der Waals surface area contributed by atoms with Gasteiger partial charge in [-0.2, -0.15) is 0 Å².